The van der Waals surface area contributed by atoms with Crippen molar-refractivity contribution < 1.29 is 24.3 Å². The maximum absolute atomic E-state index is 11.5. The van der Waals surface area contributed by atoms with Crippen LogP contribution in [0.4, 0.5) is 0 Å². The minimum absolute atomic E-state index is 0.210. The van der Waals surface area contributed by atoms with Gasteiger partial charge in [0.1, 0.15) is 0 Å². The van der Waals surface area contributed by atoms with Crippen LogP contribution in [0.3, 0.4) is 0 Å². The number of ether oxygens (including phenoxy) is 2. The van der Waals surface area contributed by atoms with E-state index in [4.69, 9.17) is 14.7 Å². The number of nitrogens with zero attached hydrogens (tertiary/aromatic N) is 1. The molecule has 6 nitrogen and oxygen atoms in total. The molecule has 0 fully saturated rings. The number of oxime groups is 1. The van der Waals surface area contributed by atoms with Crippen LogP contribution in [0.1, 0.15) is 33.6 Å². The van der Waals surface area contributed by atoms with Crippen LogP contribution in [-0.4, -0.2) is 36.1 Å². The molecule has 0 radical (unpaired) electrons. The number of hydrogen-bond donors (Lipinski definition) is 1. The van der Waals surface area contributed by atoms with Crippen molar-refractivity contribution in [1.29, 1.82) is 0 Å². The van der Waals surface area contributed by atoms with Crippen LogP contribution in [0, 0.1) is 5.92 Å². The minimum atomic E-state index is -0.952. The Hall–Kier alpha value is -1.59. The Morgan fingerprint density at radius 1 is 1.18 bits per heavy atom. The summed E-state index contributed by atoms with van der Waals surface area (Å²) < 4.78 is 9.59. The number of hydrogen-bond acceptors (Lipinski definition) is 6. The summed E-state index contributed by atoms with van der Waals surface area (Å²) in [5, 5.41) is 11.5. The van der Waals surface area contributed by atoms with E-state index in [9.17, 15) is 9.59 Å². The molecular weight excluding hydrogens is 226 g/mol. The highest BCUT2D eigenvalue weighted by molar-refractivity contribution is 5.95. The molecule has 0 aliphatic rings. The van der Waals surface area contributed by atoms with Crippen LogP contribution >= 0.6 is 0 Å². The molecule has 0 aliphatic carbocycles. The molecule has 0 saturated carbocycles. The van der Waals surface area contributed by atoms with Gasteiger partial charge in [-0.1, -0.05) is 5.16 Å². The van der Waals surface area contributed by atoms with Gasteiger partial charge in [-0.15, -0.1) is 0 Å². The number of esters is 2. The molecule has 0 aliphatic heterocycles. The smallest absolute Gasteiger partial charge is 0.320 e. The number of carbonyl (C=O) groups is 2. The van der Waals surface area contributed by atoms with Gasteiger partial charge < -0.3 is 14.7 Å². The first-order chi connectivity index (χ1) is 8.06. The van der Waals surface area contributed by atoms with E-state index in [0.29, 0.717) is 12.1 Å². The lowest BCUT2D eigenvalue weighted by Gasteiger charge is -2.13. The van der Waals surface area contributed by atoms with Gasteiger partial charge in [0, 0.05) is 0 Å². The zero-order chi connectivity index (χ0) is 13.3. The molecule has 6 heteroatoms. The molecule has 0 atom stereocenters. The van der Waals surface area contributed by atoms with Crippen molar-refractivity contribution in [1.82, 2.24) is 0 Å². The van der Waals surface area contributed by atoms with Crippen molar-refractivity contribution in [2.75, 3.05) is 13.2 Å². The Labute approximate surface area is 101 Å². The molecule has 0 saturated heterocycles. The van der Waals surface area contributed by atoms with E-state index in [0.717, 1.165) is 0 Å². The van der Waals surface area contributed by atoms with Crippen LogP contribution in [-0.2, 0) is 19.1 Å². The summed E-state index contributed by atoms with van der Waals surface area (Å²) in [7, 11) is 0. The molecule has 0 unspecified atom stereocenters. The van der Waals surface area contributed by atoms with E-state index in [1.165, 1.54) is 0 Å². The normalized spacial score (nSPS) is 11.4. The van der Waals surface area contributed by atoms with Gasteiger partial charge in [-0.2, -0.15) is 0 Å². The Morgan fingerprint density at radius 2 is 1.65 bits per heavy atom. The van der Waals surface area contributed by atoms with Gasteiger partial charge in [0.05, 0.1) is 18.9 Å². The van der Waals surface area contributed by atoms with Crippen LogP contribution in [0.25, 0.3) is 0 Å². The average Bonchev–Trinajstić information content (AvgIpc) is 2.29. The third kappa shape index (κ3) is 5.89. The first-order valence-corrected chi connectivity index (χ1v) is 5.57. The fourth-order valence-corrected chi connectivity index (χ4v) is 1.22. The van der Waals surface area contributed by atoms with Crippen molar-refractivity contribution >= 4 is 17.7 Å². The summed E-state index contributed by atoms with van der Waals surface area (Å²) in [6, 6.07) is 0. The topological polar surface area (TPSA) is 85.2 Å². The molecular formula is C11H19NO5. The predicted molar refractivity (Wildman–Crippen MR) is 60.9 cm³/mol. The van der Waals surface area contributed by atoms with Crippen LogP contribution in [0.15, 0.2) is 5.16 Å². The lowest BCUT2D eigenvalue weighted by molar-refractivity contribution is -0.161. The molecule has 0 bridgehead atoms. The SMILES string of the molecule is CCOC(=O)C(CC/C(C)=N/O)C(=O)OCC. The quantitative estimate of drug-likeness (QED) is 0.241. The van der Waals surface area contributed by atoms with Gasteiger partial charge in [0.2, 0.25) is 0 Å². The lowest BCUT2D eigenvalue weighted by Crippen LogP contribution is -2.28. The molecule has 0 aromatic rings. The van der Waals surface area contributed by atoms with Crippen molar-refractivity contribution in [3.8, 4) is 0 Å². The fourth-order valence-electron chi connectivity index (χ4n) is 1.22. The van der Waals surface area contributed by atoms with Gasteiger partial charge in [-0.3, -0.25) is 9.59 Å². The van der Waals surface area contributed by atoms with Gasteiger partial charge in [0.15, 0.2) is 5.92 Å². The van der Waals surface area contributed by atoms with Gasteiger partial charge in [0.25, 0.3) is 0 Å². The zero-order valence-corrected chi connectivity index (χ0v) is 10.4. The van der Waals surface area contributed by atoms with Crippen molar-refractivity contribution in [3.05, 3.63) is 0 Å². The van der Waals surface area contributed by atoms with E-state index >= 15 is 0 Å². The second-order valence-electron chi connectivity index (χ2n) is 3.43. The Kier molecular flexibility index (Phi) is 7.75. The van der Waals surface area contributed by atoms with Gasteiger partial charge >= 0.3 is 11.9 Å². The third-order valence-corrected chi connectivity index (χ3v) is 2.11. The molecule has 0 rings (SSSR count). The Balaban J connectivity index is 4.50. The molecule has 98 valence electrons. The highest BCUT2D eigenvalue weighted by Crippen LogP contribution is 2.12. The molecule has 0 amide bonds. The second-order valence-corrected chi connectivity index (χ2v) is 3.43. The molecule has 0 heterocycles. The van der Waals surface area contributed by atoms with Crippen LogP contribution in [0.5, 0.6) is 0 Å². The summed E-state index contributed by atoms with van der Waals surface area (Å²) in [5.41, 5.74) is 0.448. The van der Waals surface area contributed by atoms with Crippen molar-refractivity contribution in [3.63, 3.8) is 0 Å². The zero-order valence-electron chi connectivity index (χ0n) is 10.4. The highest BCUT2D eigenvalue weighted by atomic mass is 16.6. The van der Waals surface area contributed by atoms with Crippen molar-refractivity contribution in [2.24, 2.45) is 11.1 Å². The summed E-state index contributed by atoms with van der Waals surface area (Å²) in [5.74, 6) is -2.15. The summed E-state index contributed by atoms with van der Waals surface area (Å²) >= 11 is 0. The van der Waals surface area contributed by atoms with Crippen molar-refractivity contribution in [2.45, 2.75) is 33.6 Å². The summed E-state index contributed by atoms with van der Waals surface area (Å²) in [6.07, 6.45) is 0.548. The lowest BCUT2D eigenvalue weighted by atomic mass is 10.0. The summed E-state index contributed by atoms with van der Waals surface area (Å²) in [4.78, 5) is 23.1. The standard InChI is InChI=1S/C11H19NO5/c1-4-16-10(13)9(11(14)17-5-2)7-6-8(3)12-15/h9,15H,4-7H2,1-3H3/b12-8+. The summed E-state index contributed by atoms with van der Waals surface area (Å²) in [6.45, 7) is 5.36. The third-order valence-electron chi connectivity index (χ3n) is 2.11. The van der Waals surface area contributed by atoms with E-state index in [-0.39, 0.29) is 19.6 Å². The van der Waals surface area contributed by atoms with Crippen LogP contribution in [0.2, 0.25) is 0 Å². The van der Waals surface area contributed by atoms with Gasteiger partial charge in [-0.05, 0) is 33.6 Å². The first-order valence-electron chi connectivity index (χ1n) is 5.57. The predicted octanol–water partition coefficient (Wildman–Crippen LogP) is 1.36. The number of rotatable bonds is 7. The minimum Gasteiger partial charge on any atom is -0.465 e. The maximum atomic E-state index is 11.5. The average molecular weight is 245 g/mol. The van der Waals surface area contributed by atoms with Gasteiger partial charge in [-0.25, -0.2) is 0 Å². The second kappa shape index (κ2) is 8.55. The van der Waals surface area contributed by atoms with E-state index in [1.807, 2.05) is 0 Å². The monoisotopic (exact) mass is 245 g/mol. The fraction of sp³-hybridized carbons (Fsp3) is 0.727. The highest BCUT2D eigenvalue weighted by Gasteiger charge is 2.29. The van der Waals surface area contributed by atoms with E-state index in [2.05, 4.69) is 5.16 Å². The Bertz CT molecular complexity index is 270. The molecule has 1 N–H and O–H groups in total. The molecule has 17 heavy (non-hydrogen) atoms. The van der Waals surface area contributed by atoms with E-state index in [1.54, 1.807) is 20.8 Å². The van der Waals surface area contributed by atoms with Crippen LogP contribution < -0.4 is 0 Å². The largest absolute Gasteiger partial charge is 0.465 e. The first kappa shape index (κ1) is 15.4. The number of carbonyl (C=O) groups excluding carboxylic acids is 2. The van der Waals surface area contributed by atoms with E-state index < -0.39 is 17.9 Å². The molecule has 0 aromatic heterocycles. The Morgan fingerprint density at radius 3 is 2.00 bits per heavy atom. The maximum Gasteiger partial charge on any atom is 0.320 e. The molecule has 0 spiro atoms. The molecule has 0 aromatic carbocycles.